The lowest BCUT2D eigenvalue weighted by Gasteiger charge is -2.27. The Morgan fingerprint density at radius 2 is 2.08 bits per heavy atom. The first-order valence-electron chi connectivity index (χ1n) is 7.86. The van der Waals surface area contributed by atoms with Gasteiger partial charge in [-0.25, -0.2) is 0 Å². The number of rotatable bonds is 8. The highest BCUT2D eigenvalue weighted by atomic mass is 35.5. The van der Waals surface area contributed by atoms with Crippen LogP contribution in [0, 0.1) is 0 Å². The van der Waals surface area contributed by atoms with Crippen LogP contribution in [0.25, 0.3) is 0 Å². The van der Waals surface area contributed by atoms with Crippen molar-refractivity contribution in [1.29, 1.82) is 0 Å². The molecular weight excluding hydrogens is 334 g/mol. The maximum atomic E-state index is 12.0. The van der Waals surface area contributed by atoms with E-state index in [0.29, 0.717) is 30.5 Å². The van der Waals surface area contributed by atoms with E-state index in [4.69, 9.17) is 16.3 Å². The van der Waals surface area contributed by atoms with E-state index >= 15 is 0 Å². The molecule has 0 saturated carbocycles. The molecule has 1 heterocycles. The monoisotopic (exact) mass is 355 g/mol. The zero-order valence-corrected chi connectivity index (χ0v) is 14.1. The van der Waals surface area contributed by atoms with Crippen molar-refractivity contribution in [2.75, 3.05) is 44.7 Å². The topological polar surface area (TPSA) is 90.9 Å². The van der Waals surface area contributed by atoms with Crippen molar-refractivity contribution < 1.29 is 19.4 Å². The molecule has 0 unspecified atom stereocenters. The zero-order valence-electron chi connectivity index (χ0n) is 13.3. The molecular formula is C16H22ClN3O4. The standard InChI is InChI=1S/C16H22ClN3O4/c17-12-2-1-3-13(10-12)19-15(21)11-14(16(22)23)18-4-5-20-6-8-24-9-7-20/h1-3,10,14,18H,4-9,11H2,(H,19,21)(H,22,23)/t14-/m0/s1. The molecule has 132 valence electrons. The summed E-state index contributed by atoms with van der Waals surface area (Å²) in [5, 5.41) is 15.4. The van der Waals surface area contributed by atoms with Crippen LogP contribution in [-0.2, 0) is 14.3 Å². The quantitative estimate of drug-likeness (QED) is 0.645. The van der Waals surface area contributed by atoms with Crippen LogP contribution in [0.15, 0.2) is 24.3 Å². The molecule has 1 aliphatic heterocycles. The Balaban J connectivity index is 1.77. The molecule has 0 radical (unpaired) electrons. The van der Waals surface area contributed by atoms with E-state index in [-0.39, 0.29) is 12.3 Å². The number of halogens is 1. The molecule has 8 heteroatoms. The first-order chi connectivity index (χ1) is 11.5. The highest BCUT2D eigenvalue weighted by Crippen LogP contribution is 2.15. The van der Waals surface area contributed by atoms with Gasteiger partial charge in [0.25, 0.3) is 0 Å². The number of benzene rings is 1. The Morgan fingerprint density at radius 3 is 2.75 bits per heavy atom. The second kappa shape index (κ2) is 9.58. The van der Waals surface area contributed by atoms with Gasteiger partial charge in [0, 0.05) is 36.9 Å². The van der Waals surface area contributed by atoms with Crippen molar-refractivity contribution in [3.63, 3.8) is 0 Å². The molecule has 2 rings (SSSR count). The fourth-order valence-electron chi connectivity index (χ4n) is 2.43. The molecule has 1 atom stereocenters. The van der Waals surface area contributed by atoms with Gasteiger partial charge in [-0.05, 0) is 18.2 Å². The fourth-order valence-corrected chi connectivity index (χ4v) is 2.62. The number of nitrogens with one attached hydrogen (secondary N) is 2. The fraction of sp³-hybridized carbons (Fsp3) is 0.500. The van der Waals surface area contributed by atoms with Gasteiger partial charge in [0.2, 0.25) is 5.91 Å². The molecule has 7 nitrogen and oxygen atoms in total. The van der Waals surface area contributed by atoms with E-state index in [9.17, 15) is 14.7 Å². The van der Waals surface area contributed by atoms with Crippen LogP contribution in [0.2, 0.25) is 5.02 Å². The Morgan fingerprint density at radius 1 is 1.33 bits per heavy atom. The van der Waals surface area contributed by atoms with Gasteiger partial charge < -0.3 is 20.5 Å². The van der Waals surface area contributed by atoms with Gasteiger partial charge in [-0.3, -0.25) is 14.5 Å². The maximum Gasteiger partial charge on any atom is 0.321 e. The largest absolute Gasteiger partial charge is 0.480 e. The van der Waals surface area contributed by atoms with Crippen molar-refractivity contribution >= 4 is 29.2 Å². The predicted octanol–water partition coefficient (Wildman–Crippen LogP) is 1.04. The number of hydrogen-bond acceptors (Lipinski definition) is 5. The van der Waals surface area contributed by atoms with E-state index in [2.05, 4.69) is 15.5 Å². The average molecular weight is 356 g/mol. The van der Waals surface area contributed by atoms with E-state index in [1.807, 2.05) is 0 Å². The summed E-state index contributed by atoms with van der Waals surface area (Å²) < 4.78 is 5.26. The number of morpholine rings is 1. The van der Waals surface area contributed by atoms with E-state index < -0.39 is 12.0 Å². The zero-order chi connectivity index (χ0) is 17.4. The van der Waals surface area contributed by atoms with Crippen LogP contribution >= 0.6 is 11.6 Å². The van der Waals surface area contributed by atoms with E-state index in [0.717, 1.165) is 19.6 Å². The van der Waals surface area contributed by atoms with Crippen LogP contribution in [0.3, 0.4) is 0 Å². The highest BCUT2D eigenvalue weighted by molar-refractivity contribution is 6.30. The van der Waals surface area contributed by atoms with Gasteiger partial charge in [0.1, 0.15) is 6.04 Å². The van der Waals surface area contributed by atoms with Crippen LogP contribution in [0.4, 0.5) is 5.69 Å². The molecule has 0 aliphatic carbocycles. The van der Waals surface area contributed by atoms with Crippen LogP contribution < -0.4 is 10.6 Å². The van der Waals surface area contributed by atoms with E-state index in [1.54, 1.807) is 24.3 Å². The Labute approximate surface area is 145 Å². The summed E-state index contributed by atoms with van der Waals surface area (Å²) in [4.78, 5) is 25.5. The molecule has 1 saturated heterocycles. The minimum atomic E-state index is -1.04. The number of carboxylic acids is 1. The first-order valence-corrected chi connectivity index (χ1v) is 8.24. The Hall–Kier alpha value is -1.67. The maximum absolute atomic E-state index is 12.0. The highest BCUT2D eigenvalue weighted by Gasteiger charge is 2.21. The number of amides is 1. The molecule has 1 aromatic rings. The van der Waals surface area contributed by atoms with E-state index in [1.165, 1.54) is 0 Å². The number of nitrogens with zero attached hydrogens (tertiary/aromatic N) is 1. The number of aliphatic carboxylic acids is 1. The van der Waals surface area contributed by atoms with Crippen LogP contribution in [0.1, 0.15) is 6.42 Å². The summed E-state index contributed by atoms with van der Waals surface area (Å²) in [6.07, 6.45) is -0.148. The van der Waals surface area contributed by atoms with Crippen molar-refractivity contribution in [3.8, 4) is 0 Å². The summed E-state index contributed by atoms with van der Waals surface area (Å²) in [5.41, 5.74) is 0.546. The summed E-state index contributed by atoms with van der Waals surface area (Å²) in [5.74, 6) is -1.42. The SMILES string of the molecule is O=C(C[C@H](NCCN1CCOCC1)C(=O)O)Nc1cccc(Cl)c1. The van der Waals surface area contributed by atoms with Crippen molar-refractivity contribution in [2.24, 2.45) is 0 Å². The normalized spacial score (nSPS) is 16.5. The molecule has 3 N–H and O–H groups in total. The summed E-state index contributed by atoms with van der Waals surface area (Å²) in [7, 11) is 0. The molecule has 0 aromatic heterocycles. The number of hydrogen-bond donors (Lipinski definition) is 3. The lowest BCUT2D eigenvalue weighted by Crippen LogP contribution is -2.45. The number of carbonyl (C=O) groups is 2. The minimum absolute atomic E-state index is 0.148. The number of ether oxygens (including phenoxy) is 1. The van der Waals surface area contributed by atoms with Crippen LogP contribution in [0.5, 0.6) is 0 Å². The third kappa shape index (κ3) is 6.45. The number of anilines is 1. The van der Waals surface area contributed by atoms with Gasteiger partial charge in [0.05, 0.1) is 19.6 Å². The Bertz CT molecular complexity index is 564. The molecule has 1 fully saturated rings. The number of carbonyl (C=O) groups excluding carboxylic acids is 1. The summed E-state index contributed by atoms with van der Waals surface area (Å²) >= 11 is 5.86. The molecule has 1 aromatic carbocycles. The minimum Gasteiger partial charge on any atom is -0.480 e. The predicted molar refractivity (Wildman–Crippen MR) is 91.4 cm³/mol. The van der Waals surface area contributed by atoms with Crippen molar-refractivity contribution in [2.45, 2.75) is 12.5 Å². The molecule has 1 aliphatic rings. The number of carboxylic acid groups (broad SMARTS) is 1. The van der Waals surface area contributed by atoms with Crippen molar-refractivity contribution in [3.05, 3.63) is 29.3 Å². The molecule has 0 spiro atoms. The van der Waals surface area contributed by atoms with Gasteiger partial charge in [-0.2, -0.15) is 0 Å². The second-order valence-corrected chi connectivity index (χ2v) is 6.00. The summed E-state index contributed by atoms with van der Waals surface area (Å²) in [6.45, 7) is 4.31. The molecule has 0 bridgehead atoms. The molecule has 24 heavy (non-hydrogen) atoms. The van der Waals surface area contributed by atoms with Gasteiger partial charge >= 0.3 is 5.97 Å². The Kier molecular flexibility index (Phi) is 7.45. The van der Waals surface area contributed by atoms with Crippen molar-refractivity contribution in [1.82, 2.24) is 10.2 Å². The summed E-state index contributed by atoms with van der Waals surface area (Å²) in [6, 6.07) is 5.80. The third-order valence-corrected chi connectivity index (χ3v) is 3.95. The lowest BCUT2D eigenvalue weighted by atomic mass is 10.2. The molecule has 1 amide bonds. The van der Waals surface area contributed by atoms with Gasteiger partial charge in [-0.1, -0.05) is 17.7 Å². The average Bonchev–Trinajstić information content (AvgIpc) is 2.54. The lowest BCUT2D eigenvalue weighted by molar-refractivity contribution is -0.141. The third-order valence-electron chi connectivity index (χ3n) is 3.72. The second-order valence-electron chi connectivity index (χ2n) is 5.56. The smallest absolute Gasteiger partial charge is 0.321 e. The first kappa shape index (κ1) is 18.7. The van der Waals surface area contributed by atoms with Gasteiger partial charge in [0.15, 0.2) is 0 Å². The van der Waals surface area contributed by atoms with Crippen LogP contribution in [-0.4, -0.2) is 67.3 Å². The van der Waals surface area contributed by atoms with Gasteiger partial charge in [-0.15, -0.1) is 0 Å².